The molecular weight excluding hydrogens is 260 g/mol. The zero-order chi connectivity index (χ0) is 14.3. The van der Waals surface area contributed by atoms with E-state index < -0.39 is 12.0 Å². The van der Waals surface area contributed by atoms with Crippen molar-refractivity contribution in [2.45, 2.75) is 59.0 Å². The standard InChI is InChI=1S/C14H24N2O2S/c1-4-5-12(14(17)18)15-8-11-9-19-13(16-11)7-6-10(2)3/h9-10,12,15H,4-8H2,1-3H3,(H,17,18). The number of aliphatic carboxylic acids is 1. The third-order valence-corrected chi connectivity index (χ3v) is 3.90. The molecule has 5 heteroatoms. The van der Waals surface area contributed by atoms with Gasteiger partial charge in [-0.3, -0.25) is 10.1 Å². The number of nitrogens with one attached hydrogen (secondary N) is 1. The Labute approximate surface area is 119 Å². The van der Waals surface area contributed by atoms with Gasteiger partial charge in [0.05, 0.1) is 10.7 Å². The van der Waals surface area contributed by atoms with E-state index in [9.17, 15) is 4.79 Å². The molecule has 1 atom stereocenters. The lowest BCUT2D eigenvalue weighted by Gasteiger charge is -2.11. The molecule has 0 aliphatic carbocycles. The summed E-state index contributed by atoms with van der Waals surface area (Å²) in [5, 5.41) is 15.3. The molecule has 0 saturated heterocycles. The highest BCUT2D eigenvalue weighted by Gasteiger charge is 2.15. The van der Waals surface area contributed by atoms with Gasteiger partial charge in [-0.25, -0.2) is 4.98 Å². The number of hydrogen-bond donors (Lipinski definition) is 2. The maximum Gasteiger partial charge on any atom is 0.320 e. The molecular formula is C14H24N2O2S. The van der Waals surface area contributed by atoms with E-state index in [1.807, 2.05) is 12.3 Å². The monoisotopic (exact) mass is 284 g/mol. The van der Waals surface area contributed by atoms with Gasteiger partial charge in [-0.1, -0.05) is 27.2 Å². The van der Waals surface area contributed by atoms with Crippen LogP contribution in [0.25, 0.3) is 0 Å². The van der Waals surface area contributed by atoms with Crippen molar-refractivity contribution in [2.24, 2.45) is 5.92 Å². The predicted octanol–water partition coefficient (Wildman–Crippen LogP) is 3.07. The molecule has 1 unspecified atom stereocenters. The second-order valence-electron chi connectivity index (χ2n) is 5.23. The summed E-state index contributed by atoms with van der Waals surface area (Å²) in [4.78, 5) is 15.5. The summed E-state index contributed by atoms with van der Waals surface area (Å²) < 4.78 is 0. The molecule has 4 nitrogen and oxygen atoms in total. The van der Waals surface area contributed by atoms with Crippen molar-refractivity contribution in [1.29, 1.82) is 0 Å². The summed E-state index contributed by atoms with van der Waals surface area (Å²) in [5.74, 6) is -0.0940. The number of nitrogens with zero attached hydrogens (tertiary/aromatic N) is 1. The van der Waals surface area contributed by atoms with Crippen molar-refractivity contribution in [3.63, 3.8) is 0 Å². The molecule has 0 aliphatic heterocycles. The Bertz CT molecular complexity index is 391. The molecule has 0 saturated carbocycles. The number of rotatable bonds is 9. The van der Waals surface area contributed by atoms with Gasteiger partial charge in [0.1, 0.15) is 6.04 Å². The molecule has 108 valence electrons. The van der Waals surface area contributed by atoms with E-state index in [0.29, 0.717) is 18.9 Å². The fraction of sp³-hybridized carbons (Fsp3) is 0.714. The van der Waals surface area contributed by atoms with Crippen LogP contribution in [0.1, 0.15) is 50.7 Å². The van der Waals surface area contributed by atoms with E-state index in [1.54, 1.807) is 11.3 Å². The van der Waals surface area contributed by atoms with Gasteiger partial charge >= 0.3 is 5.97 Å². The second kappa shape index (κ2) is 8.27. The Balaban J connectivity index is 2.42. The Morgan fingerprint density at radius 3 is 2.79 bits per heavy atom. The van der Waals surface area contributed by atoms with E-state index in [0.717, 1.165) is 30.0 Å². The maximum absolute atomic E-state index is 11.0. The van der Waals surface area contributed by atoms with Crippen LogP contribution < -0.4 is 5.32 Å². The third kappa shape index (κ3) is 6.16. The molecule has 0 amide bonds. The maximum atomic E-state index is 11.0. The van der Waals surface area contributed by atoms with Crippen molar-refractivity contribution < 1.29 is 9.90 Å². The van der Waals surface area contributed by atoms with Crippen molar-refractivity contribution in [1.82, 2.24) is 10.3 Å². The van der Waals surface area contributed by atoms with Gasteiger partial charge in [0.15, 0.2) is 0 Å². The van der Waals surface area contributed by atoms with Crippen LogP contribution in [-0.2, 0) is 17.8 Å². The Hall–Kier alpha value is -0.940. The number of carbonyl (C=O) groups is 1. The van der Waals surface area contributed by atoms with Crippen LogP contribution in [0.4, 0.5) is 0 Å². The first-order chi connectivity index (χ1) is 9.02. The topological polar surface area (TPSA) is 62.2 Å². The summed E-state index contributed by atoms with van der Waals surface area (Å²) in [6.07, 6.45) is 3.67. The van der Waals surface area contributed by atoms with E-state index >= 15 is 0 Å². The molecule has 0 aliphatic rings. The van der Waals surface area contributed by atoms with Gasteiger partial charge in [-0.05, 0) is 25.2 Å². The minimum absolute atomic E-state index is 0.467. The minimum atomic E-state index is -0.780. The Morgan fingerprint density at radius 2 is 2.21 bits per heavy atom. The first kappa shape index (κ1) is 16.1. The third-order valence-electron chi connectivity index (χ3n) is 2.94. The molecule has 1 aromatic heterocycles. The normalized spacial score (nSPS) is 12.8. The largest absolute Gasteiger partial charge is 0.480 e. The SMILES string of the molecule is CCCC(NCc1csc(CCC(C)C)n1)C(=O)O. The van der Waals surface area contributed by atoms with Crippen LogP contribution in [0.2, 0.25) is 0 Å². The van der Waals surface area contributed by atoms with Crippen molar-refractivity contribution in [3.05, 3.63) is 16.1 Å². The van der Waals surface area contributed by atoms with E-state index in [-0.39, 0.29) is 0 Å². The van der Waals surface area contributed by atoms with Gasteiger partial charge in [-0.2, -0.15) is 0 Å². The number of carboxylic acid groups (broad SMARTS) is 1. The summed E-state index contributed by atoms with van der Waals surface area (Å²) >= 11 is 1.67. The fourth-order valence-corrected chi connectivity index (χ4v) is 2.60. The summed E-state index contributed by atoms with van der Waals surface area (Å²) in [5.41, 5.74) is 0.950. The average Bonchev–Trinajstić information content (AvgIpc) is 2.79. The Kier molecular flexibility index (Phi) is 7.02. The van der Waals surface area contributed by atoms with Crippen LogP contribution in [0.3, 0.4) is 0 Å². The van der Waals surface area contributed by atoms with Crippen LogP contribution >= 0.6 is 11.3 Å². The molecule has 2 N–H and O–H groups in total. The lowest BCUT2D eigenvalue weighted by atomic mass is 10.1. The number of aromatic nitrogens is 1. The first-order valence-corrected chi connectivity index (χ1v) is 7.80. The molecule has 1 rings (SSSR count). The zero-order valence-electron chi connectivity index (χ0n) is 12.0. The molecule has 0 fully saturated rings. The van der Waals surface area contributed by atoms with Crippen LogP contribution in [0.5, 0.6) is 0 Å². The zero-order valence-corrected chi connectivity index (χ0v) is 12.8. The number of thiazole rings is 1. The molecule has 19 heavy (non-hydrogen) atoms. The lowest BCUT2D eigenvalue weighted by Crippen LogP contribution is -2.36. The fourth-order valence-electron chi connectivity index (χ4n) is 1.79. The quantitative estimate of drug-likeness (QED) is 0.731. The van der Waals surface area contributed by atoms with Crippen LogP contribution in [0, 0.1) is 5.92 Å². The Morgan fingerprint density at radius 1 is 1.47 bits per heavy atom. The van der Waals surface area contributed by atoms with E-state index in [2.05, 4.69) is 24.1 Å². The highest BCUT2D eigenvalue weighted by Crippen LogP contribution is 2.14. The highest BCUT2D eigenvalue weighted by atomic mass is 32.1. The lowest BCUT2D eigenvalue weighted by molar-refractivity contribution is -0.139. The van der Waals surface area contributed by atoms with E-state index in [1.165, 1.54) is 0 Å². The van der Waals surface area contributed by atoms with Crippen molar-refractivity contribution in [2.75, 3.05) is 0 Å². The first-order valence-electron chi connectivity index (χ1n) is 6.92. The molecule has 0 radical (unpaired) electrons. The highest BCUT2D eigenvalue weighted by molar-refractivity contribution is 7.09. The number of aryl methyl sites for hydroxylation is 1. The molecule has 1 aromatic rings. The summed E-state index contributed by atoms with van der Waals surface area (Å²) in [6.45, 7) is 6.94. The second-order valence-corrected chi connectivity index (χ2v) is 6.17. The van der Waals surface area contributed by atoms with Crippen molar-refractivity contribution >= 4 is 17.3 Å². The van der Waals surface area contributed by atoms with Gasteiger partial charge in [0.25, 0.3) is 0 Å². The van der Waals surface area contributed by atoms with Crippen molar-refractivity contribution in [3.8, 4) is 0 Å². The summed E-state index contributed by atoms with van der Waals surface area (Å²) in [6, 6.07) is -0.467. The van der Waals surface area contributed by atoms with Crippen LogP contribution in [0.15, 0.2) is 5.38 Å². The smallest absolute Gasteiger partial charge is 0.320 e. The summed E-state index contributed by atoms with van der Waals surface area (Å²) in [7, 11) is 0. The van der Waals surface area contributed by atoms with Gasteiger partial charge in [0.2, 0.25) is 0 Å². The molecule has 1 heterocycles. The van der Waals surface area contributed by atoms with Gasteiger partial charge < -0.3 is 5.11 Å². The molecule has 0 aromatic carbocycles. The van der Waals surface area contributed by atoms with Gasteiger partial charge in [0, 0.05) is 11.9 Å². The predicted molar refractivity (Wildman–Crippen MR) is 78.4 cm³/mol. The number of hydrogen-bond acceptors (Lipinski definition) is 4. The minimum Gasteiger partial charge on any atom is -0.480 e. The van der Waals surface area contributed by atoms with Gasteiger partial charge in [-0.15, -0.1) is 11.3 Å². The average molecular weight is 284 g/mol. The van der Waals surface area contributed by atoms with E-state index in [4.69, 9.17) is 5.11 Å². The molecule has 0 spiro atoms. The number of carboxylic acids is 1. The van der Waals surface area contributed by atoms with Crippen LogP contribution in [-0.4, -0.2) is 22.1 Å². The molecule has 0 bridgehead atoms.